The summed E-state index contributed by atoms with van der Waals surface area (Å²) < 4.78 is 41.2. The first-order valence-electron chi connectivity index (χ1n) is 7.83. The van der Waals surface area contributed by atoms with Gasteiger partial charge in [-0.15, -0.1) is 0 Å². The quantitative estimate of drug-likeness (QED) is 0.764. The van der Waals surface area contributed by atoms with Crippen molar-refractivity contribution in [1.82, 2.24) is 10.2 Å². The molecular formula is C15H27F3N2O. The van der Waals surface area contributed by atoms with Crippen molar-refractivity contribution in [2.75, 3.05) is 32.8 Å². The predicted octanol–water partition coefficient (Wildman–Crippen LogP) is 2.81. The lowest BCUT2D eigenvalue weighted by atomic mass is 9.84. The van der Waals surface area contributed by atoms with Crippen molar-refractivity contribution in [2.45, 2.75) is 57.3 Å². The summed E-state index contributed by atoms with van der Waals surface area (Å²) in [6.45, 7) is 7.89. The summed E-state index contributed by atoms with van der Waals surface area (Å²) in [6, 6.07) is 0. The molecule has 3 nitrogen and oxygen atoms in total. The van der Waals surface area contributed by atoms with Crippen molar-refractivity contribution < 1.29 is 17.9 Å². The van der Waals surface area contributed by atoms with Crippen LogP contribution in [-0.4, -0.2) is 55.0 Å². The van der Waals surface area contributed by atoms with E-state index in [1.807, 2.05) is 0 Å². The predicted molar refractivity (Wildman–Crippen MR) is 76.3 cm³/mol. The zero-order chi connectivity index (χ0) is 15.7. The molecule has 0 aromatic carbocycles. The monoisotopic (exact) mass is 308 g/mol. The highest BCUT2D eigenvalue weighted by Gasteiger charge is 2.50. The van der Waals surface area contributed by atoms with Gasteiger partial charge in [0.05, 0.1) is 6.61 Å². The molecule has 6 heteroatoms. The van der Waals surface area contributed by atoms with Gasteiger partial charge in [-0.05, 0) is 39.0 Å². The summed E-state index contributed by atoms with van der Waals surface area (Å²) in [5.41, 5.74) is 0.0920. The highest BCUT2D eigenvalue weighted by atomic mass is 19.4. The van der Waals surface area contributed by atoms with Crippen LogP contribution in [0.25, 0.3) is 0 Å². The van der Waals surface area contributed by atoms with Crippen molar-refractivity contribution in [3.05, 3.63) is 0 Å². The fourth-order valence-corrected chi connectivity index (χ4v) is 3.20. The van der Waals surface area contributed by atoms with Gasteiger partial charge in [-0.3, -0.25) is 4.90 Å². The van der Waals surface area contributed by atoms with Crippen LogP contribution in [0.3, 0.4) is 0 Å². The molecular weight excluding hydrogens is 281 g/mol. The van der Waals surface area contributed by atoms with Crippen molar-refractivity contribution >= 4 is 0 Å². The van der Waals surface area contributed by atoms with Crippen molar-refractivity contribution in [3.8, 4) is 0 Å². The fourth-order valence-electron chi connectivity index (χ4n) is 3.20. The molecule has 2 unspecified atom stereocenters. The highest BCUT2D eigenvalue weighted by Crippen LogP contribution is 2.45. The second kappa shape index (κ2) is 6.05. The van der Waals surface area contributed by atoms with Crippen LogP contribution < -0.4 is 5.32 Å². The molecule has 0 radical (unpaired) electrons. The van der Waals surface area contributed by atoms with Crippen LogP contribution >= 0.6 is 0 Å². The maximum Gasteiger partial charge on any atom is 0.411 e. The molecule has 124 valence electrons. The first-order valence-corrected chi connectivity index (χ1v) is 7.83. The van der Waals surface area contributed by atoms with E-state index in [9.17, 15) is 13.2 Å². The Morgan fingerprint density at radius 1 is 1.29 bits per heavy atom. The molecule has 2 aliphatic rings. The second-order valence-corrected chi connectivity index (χ2v) is 6.99. The third-order valence-corrected chi connectivity index (χ3v) is 5.14. The van der Waals surface area contributed by atoms with E-state index in [1.54, 1.807) is 0 Å². The number of halogens is 3. The van der Waals surface area contributed by atoms with Crippen LogP contribution in [-0.2, 0) is 4.74 Å². The average molecular weight is 308 g/mol. The molecule has 0 amide bonds. The number of hydrogen-bond donors (Lipinski definition) is 1. The Morgan fingerprint density at radius 3 is 2.48 bits per heavy atom. The molecule has 21 heavy (non-hydrogen) atoms. The molecule has 1 aliphatic heterocycles. The van der Waals surface area contributed by atoms with E-state index >= 15 is 0 Å². The van der Waals surface area contributed by atoms with Crippen molar-refractivity contribution in [1.29, 1.82) is 0 Å². The zero-order valence-corrected chi connectivity index (χ0v) is 13.2. The van der Waals surface area contributed by atoms with E-state index in [4.69, 9.17) is 4.74 Å². The smallest absolute Gasteiger partial charge is 0.371 e. The number of alkyl halides is 3. The lowest BCUT2D eigenvalue weighted by Gasteiger charge is -2.52. The minimum Gasteiger partial charge on any atom is -0.371 e. The molecule has 0 bridgehead atoms. The van der Waals surface area contributed by atoms with Gasteiger partial charge in [-0.1, -0.05) is 6.92 Å². The summed E-state index contributed by atoms with van der Waals surface area (Å²) in [7, 11) is 0. The van der Waals surface area contributed by atoms with Crippen LogP contribution in [0.15, 0.2) is 0 Å². The van der Waals surface area contributed by atoms with Gasteiger partial charge in [0.1, 0.15) is 6.61 Å². The molecule has 1 aliphatic carbocycles. The maximum atomic E-state index is 12.1. The number of nitrogens with zero attached hydrogens (tertiary/aromatic N) is 1. The van der Waals surface area contributed by atoms with Gasteiger partial charge in [-0.2, -0.15) is 13.2 Å². The number of piperazine rings is 1. The number of hydrogen-bond acceptors (Lipinski definition) is 3. The van der Waals surface area contributed by atoms with E-state index in [0.29, 0.717) is 12.5 Å². The Balaban J connectivity index is 1.91. The minimum atomic E-state index is -4.23. The standard InChI is InChI=1S/C15H27F3N2O/c1-4-13(2)10-20(7-8-21-11-15(16,17)18)14(3,9-19-13)12-5-6-12/h12,19H,4-11H2,1-3H3. The van der Waals surface area contributed by atoms with Crippen molar-refractivity contribution in [3.63, 3.8) is 0 Å². The van der Waals surface area contributed by atoms with Gasteiger partial charge in [0, 0.05) is 30.7 Å². The van der Waals surface area contributed by atoms with E-state index in [0.717, 1.165) is 19.5 Å². The lowest BCUT2D eigenvalue weighted by molar-refractivity contribution is -0.176. The highest BCUT2D eigenvalue weighted by molar-refractivity contribution is 5.07. The number of ether oxygens (including phenoxy) is 1. The van der Waals surface area contributed by atoms with Gasteiger partial charge < -0.3 is 10.1 Å². The van der Waals surface area contributed by atoms with Crippen molar-refractivity contribution in [2.24, 2.45) is 5.92 Å². The molecule has 1 N–H and O–H groups in total. The van der Waals surface area contributed by atoms with Gasteiger partial charge in [0.15, 0.2) is 0 Å². The summed E-state index contributed by atoms with van der Waals surface area (Å²) in [5, 5.41) is 3.64. The van der Waals surface area contributed by atoms with E-state index in [2.05, 4.69) is 31.0 Å². The molecule has 2 fully saturated rings. The first-order chi connectivity index (χ1) is 9.69. The van der Waals surface area contributed by atoms with E-state index in [-0.39, 0.29) is 17.7 Å². The molecule has 1 saturated carbocycles. The summed E-state index contributed by atoms with van der Waals surface area (Å²) in [5.74, 6) is 0.661. The zero-order valence-electron chi connectivity index (χ0n) is 13.2. The van der Waals surface area contributed by atoms with Gasteiger partial charge in [0.2, 0.25) is 0 Å². The SMILES string of the molecule is CCC1(C)CN(CCOCC(F)(F)F)C(C)(C2CC2)CN1. The van der Waals surface area contributed by atoms with Gasteiger partial charge >= 0.3 is 6.18 Å². The largest absolute Gasteiger partial charge is 0.411 e. The minimum absolute atomic E-state index is 0.0401. The number of nitrogens with one attached hydrogen (secondary N) is 1. The Kier molecular flexibility index (Phi) is 4.90. The Bertz CT molecular complexity index is 359. The molecule has 0 spiro atoms. The third kappa shape index (κ3) is 4.33. The normalized spacial score (nSPS) is 35.1. The lowest BCUT2D eigenvalue weighted by Crippen LogP contribution is -2.69. The Labute approximate surface area is 125 Å². The van der Waals surface area contributed by atoms with Crippen LogP contribution in [0.1, 0.15) is 40.0 Å². The molecule has 0 aromatic heterocycles. The van der Waals surface area contributed by atoms with Crippen LogP contribution in [0.2, 0.25) is 0 Å². The molecule has 2 rings (SSSR count). The average Bonchev–Trinajstić information content (AvgIpc) is 3.22. The van der Waals surface area contributed by atoms with E-state index < -0.39 is 12.8 Å². The molecule has 2 atom stereocenters. The molecule has 1 heterocycles. The maximum absolute atomic E-state index is 12.1. The van der Waals surface area contributed by atoms with Crippen LogP contribution in [0.5, 0.6) is 0 Å². The van der Waals surface area contributed by atoms with Crippen LogP contribution in [0, 0.1) is 5.92 Å². The third-order valence-electron chi connectivity index (χ3n) is 5.14. The molecule has 0 aromatic rings. The summed E-state index contributed by atoms with van der Waals surface area (Å²) in [6.07, 6.45) is -0.781. The second-order valence-electron chi connectivity index (χ2n) is 6.99. The fraction of sp³-hybridized carbons (Fsp3) is 1.00. The molecule has 1 saturated heterocycles. The Hall–Kier alpha value is -0.330. The summed E-state index contributed by atoms with van der Waals surface area (Å²) >= 11 is 0. The summed E-state index contributed by atoms with van der Waals surface area (Å²) in [4.78, 5) is 2.35. The Morgan fingerprint density at radius 2 is 1.95 bits per heavy atom. The first kappa shape index (κ1) is 17.0. The van der Waals surface area contributed by atoms with Gasteiger partial charge in [0.25, 0.3) is 0 Å². The van der Waals surface area contributed by atoms with Crippen LogP contribution in [0.4, 0.5) is 13.2 Å². The van der Waals surface area contributed by atoms with Gasteiger partial charge in [-0.25, -0.2) is 0 Å². The number of rotatable bonds is 6. The topological polar surface area (TPSA) is 24.5 Å². The van der Waals surface area contributed by atoms with E-state index in [1.165, 1.54) is 12.8 Å².